The lowest BCUT2D eigenvalue weighted by Gasteiger charge is -2.35. The van der Waals surface area contributed by atoms with Gasteiger partial charge in [0.1, 0.15) is 5.75 Å². The Morgan fingerprint density at radius 1 is 1.33 bits per heavy atom. The van der Waals surface area contributed by atoms with E-state index in [9.17, 15) is 4.79 Å². The van der Waals surface area contributed by atoms with Crippen LogP contribution in [0.5, 0.6) is 5.75 Å². The predicted molar refractivity (Wildman–Crippen MR) is 84.0 cm³/mol. The van der Waals surface area contributed by atoms with Crippen LogP contribution in [0.15, 0.2) is 24.3 Å². The number of amides is 1. The van der Waals surface area contributed by atoms with Crippen LogP contribution in [-0.2, 0) is 4.79 Å². The Morgan fingerprint density at radius 3 is 2.52 bits per heavy atom. The highest BCUT2D eigenvalue weighted by Gasteiger charge is 2.26. The van der Waals surface area contributed by atoms with Crippen molar-refractivity contribution in [2.75, 3.05) is 32.8 Å². The molecule has 0 bridgehead atoms. The Labute approximate surface area is 131 Å². The van der Waals surface area contributed by atoms with Crippen LogP contribution in [0.4, 0.5) is 0 Å². The van der Waals surface area contributed by atoms with Crippen LogP contribution >= 0.6 is 11.6 Å². The SMILES string of the molecule is CCC(C)[NH+]1CCN(C(=O)COc2ccc(Cl)cc2)CC1. The molecule has 1 amide bonds. The zero-order chi connectivity index (χ0) is 15.2. The van der Waals surface area contributed by atoms with Crippen molar-refractivity contribution in [1.29, 1.82) is 0 Å². The predicted octanol–water partition coefficient (Wildman–Crippen LogP) is 1.24. The third-order valence-electron chi connectivity index (χ3n) is 4.24. The van der Waals surface area contributed by atoms with Gasteiger partial charge in [0.05, 0.1) is 32.2 Å². The Balaban J connectivity index is 1.76. The fourth-order valence-corrected chi connectivity index (χ4v) is 2.72. The highest BCUT2D eigenvalue weighted by Crippen LogP contribution is 2.15. The number of hydrogen-bond donors (Lipinski definition) is 1. The number of piperazine rings is 1. The van der Waals surface area contributed by atoms with E-state index in [1.807, 2.05) is 4.90 Å². The quantitative estimate of drug-likeness (QED) is 0.888. The van der Waals surface area contributed by atoms with E-state index in [0.717, 1.165) is 26.2 Å². The molecule has 1 unspecified atom stereocenters. The molecule has 1 aromatic carbocycles. The number of hydrogen-bond acceptors (Lipinski definition) is 2. The monoisotopic (exact) mass is 311 g/mol. The number of ether oxygens (including phenoxy) is 1. The number of carbonyl (C=O) groups excluding carboxylic acids is 1. The maximum atomic E-state index is 12.2. The largest absolute Gasteiger partial charge is 0.484 e. The summed E-state index contributed by atoms with van der Waals surface area (Å²) in [6, 6.07) is 7.75. The van der Waals surface area contributed by atoms with E-state index in [-0.39, 0.29) is 12.5 Å². The molecule has 1 saturated heterocycles. The summed E-state index contributed by atoms with van der Waals surface area (Å²) in [5, 5.41) is 0.665. The Kier molecular flexibility index (Phi) is 5.88. The molecule has 4 nitrogen and oxygen atoms in total. The number of nitrogens with one attached hydrogen (secondary N) is 1. The molecule has 0 spiro atoms. The smallest absolute Gasteiger partial charge is 0.260 e. The van der Waals surface area contributed by atoms with E-state index < -0.39 is 0 Å². The van der Waals surface area contributed by atoms with E-state index in [1.54, 1.807) is 29.2 Å². The molecule has 0 saturated carbocycles. The third kappa shape index (κ3) is 4.61. The molecule has 1 fully saturated rings. The first kappa shape index (κ1) is 16.1. The summed E-state index contributed by atoms with van der Waals surface area (Å²) in [5.74, 6) is 0.741. The minimum absolute atomic E-state index is 0.0631. The van der Waals surface area contributed by atoms with Crippen LogP contribution in [0.3, 0.4) is 0 Å². The second-order valence-electron chi connectivity index (χ2n) is 5.59. The molecular formula is C16H24ClN2O2+. The molecule has 1 heterocycles. The van der Waals surface area contributed by atoms with E-state index >= 15 is 0 Å². The molecular weight excluding hydrogens is 288 g/mol. The van der Waals surface area contributed by atoms with Gasteiger partial charge in [-0.25, -0.2) is 0 Å². The van der Waals surface area contributed by atoms with Crippen LogP contribution in [0, 0.1) is 0 Å². The van der Waals surface area contributed by atoms with E-state index in [1.165, 1.54) is 6.42 Å². The van der Waals surface area contributed by atoms with Gasteiger partial charge in [-0.2, -0.15) is 0 Å². The number of carbonyl (C=O) groups is 1. The van der Waals surface area contributed by atoms with Crippen molar-refractivity contribution in [1.82, 2.24) is 4.90 Å². The summed E-state index contributed by atoms with van der Waals surface area (Å²) in [4.78, 5) is 15.7. The zero-order valence-corrected chi connectivity index (χ0v) is 13.5. The molecule has 5 heteroatoms. The number of halogens is 1. The summed E-state index contributed by atoms with van der Waals surface area (Å²) < 4.78 is 5.51. The minimum atomic E-state index is 0.0631. The van der Waals surface area contributed by atoms with Gasteiger partial charge in [-0.05, 0) is 37.6 Å². The fraction of sp³-hybridized carbons (Fsp3) is 0.562. The summed E-state index contributed by atoms with van der Waals surface area (Å²) >= 11 is 5.81. The van der Waals surface area contributed by atoms with E-state index in [2.05, 4.69) is 13.8 Å². The Bertz CT molecular complexity index is 456. The van der Waals surface area contributed by atoms with E-state index in [4.69, 9.17) is 16.3 Å². The fourth-order valence-electron chi connectivity index (χ4n) is 2.59. The molecule has 0 radical (unpaired) electrons. The molecule has 21 heavy (non-hydrogen) atoms. The normalized spacial score (nSPS) is 17.6. The van der Waals surface area contributed by atoms with Gasteiger partial charge in [-0.3, -0.25) is 4.79 Å². The van der Waals surface area contributed by atoms with Gasteiger partial charge in [-0.15, -0.1) is 0 Å². The lowest BCUT2D eigenvalue weighted by atomic mass is 10.2. The highest BCUT2D eigenvalue weighted by atomic mass is 35.5. The van der Waals surface area contributed by atoms with Gasteiger partial charge in [0, 0.05) is 5.02 Å². The number of nitrogens with zero attached hydrogens (tertiary/aromatic N) is 1. The Hall–Kier alpha value is -1.26. The van der Waals surface area contributed by atoms with Crippen molar-refractivity contribution >= 4 is 17.5 Å². The van der Waals surface area contributed by atoms with Crippen LogP contribution in [0.25, 0.3) is 0 Å². The van der Waals surface area contributed by atoms with E-state index in [0.29, 0.717) is 16.8 Å². The maximum Gasteiger partial charge on any atom is 0.260 e. The van der Waals surface area contributed by atoms with Gasteiger partial charge in [0.25, 0.3) is 5.91 Å². The van der Waals surface area contributed by atoms with Gasteiger partial charge in [-0.1, -0.05) is 18.5 Å². The molecule has 116 valence electrons. The average molecular weight is 312 g/mol. The van der Waals surface area contributed by atoms with Crippen molar-refractivity contribution in [3.63, 3.8) is 0 Å². The summed E-state index contributed by atoms with van der Waals surface area (Å²) in [6.07, 6.45) is 1.18. The highest BCUT2D eigenvalue weighted by molar-refractivity contribution is 6.30. The number of benzene rings is 1. The summed E-state index contributed by atoms with van der Waals surface area (Å²) in [7, 11) is 0. The van der Waals surface area contributed by atoms with Crippen molar-refractivity contribution in [2.45, 2.75) is 26.3 Å². The lowest BCUT2D eigenvalue weighted by Crippen LogP contribution is -3.17. The van der Waals surface area contributed by atoms with Crippen molar-refractivity contribution in [3.05, 3.63) is 29.3 Å². The van der Waals surface area contributed by atoms with Crippen LogP contribution < -0.4 is 9.64 Å². The first-order valence-corrected chi connectivity index (χ1v) is 7.98. The van der Waals surface area contributed by atoms with Crippen molar-refractivity contribution < 1.29 is 14.4 Å². The summed E-state index contributed by atoms with van der Waals surface area (Å²) in [5.41, 5.74) is 0. The summed E-state index contributed by atoms with van der Waals surface area (Å²) in [6.45, 7) is 8.29. The number of quaternary nitrogens is 1. The first-order chi connectivity index (χ1) is 10.1. The van der Waals surface area contributed by atoms with Crippen LogP contribution in [0.1, 0.15) is 20.3 Å². The zero-order valence-electron chi connectivity index (χ0n) is 12.8. The molecule has 1 aromatic rings. The molecule has 2 rings (SSSR count). The Morgan fingerprint density at radius 2 is 1.95 bits per heavy atom. The molecule has 1 aliphatic rings. The standard InChI is InChI=1S/C16H23ClN2O2/c1-3-13(2)18-8-10-19(11-9-18)16(20)12-21-15-6-4-14(17)5-7-15/h4-7,13H,3,8-12H2,1-2H3/p+1. The second kappa shape index (κ2) is 7.66. The number of rotatable bonds is 5. The van der Waals surface area contributed by atoms with Gasteiger partial charge in [0.15, 0.2) is 6.61 Å². The minimum Gasteiger partial charge on any atom is -0.484 e. The molecule has 1 atom stereocenters. The molecule has 1 aliphatic heterocycles. The van der Waals surface area contributed by atoms with Gasteiger partial charge >= 0.3 is 0 Å². The third-order valence-corrected chi connectivity index (χ3v) is 4.50. The van der Waals surface area contributed by atoms with Gasteiger partial charge in [0.2, 0.25) is 0 Å². The lowest BCUT2D eigenvalue weighted by molar-refractivity contribution is -0.927. The molecule has 1 N–H and O–H groups in total. The van der Waals surface area contributed by atoms with Crippen LogP contribution in [0.2, 0.25) is 5.02 Å². The maximum absolute atomic E-state index is 12.2. The average Bonchev–Trinajstić information content (AvgIpc) is 2.53. The van der Waals surface area contributed by atoms with Gasteiger partial charge < -0.3 is 14.5 Å². The van der Waals surface area contributed by atoms with Crippen LogP contribution in [-0.4, -0.2) is 49.6 Å². The topological polar surface area (TPSA) is 34.0 Å². The molecule has 0 aliphatic carbocycles. The van der Waals surface area contributed by atoms with Crippen molar-refractivity contribution in [2.24, 2.45) is 0 Å². The second-order valence-corrected chi connectivity index (χ2v) is 6.03. The van der Waals surface area contributed by atoms with Crippen molar-refractivity contribution in [3.8, 4) is 5.75 Å². The molecule has 0 aromatic heterocycles. The first-order valence-electron chi connectivity index (χ1n) is 7.61.